The van der Waals surface area contributed by atoms with E-state index in [1.54, 1.807) is 12.4 Å². The number of hydrogen-bond donors (Lipinski definition) is 1. The van der Waals surface area contributed by atoms with Gasteiger partial charge in [0.2, 0.25) is 11.7 Å². The van der Waals surface area contributed by atoms with Gasteiger partial charge >= 0.3 is 6.03 Å². The van der Waals surface area contributed by atoms with E-state index in [-0.39, 0.29) is 12.1 Å². The predicted octanol–water partition coefficient (Wildman–Crippen LogP) is 1.54. The van der Waals surface area contributed by atoms with Crippen molar-refractivity contribution in [1.29, 1.82) is 0 Å². The van der Waals surface area contributed by atoms with Crippen molar-refractivity contribution in [3.63, 3.8) is 0 Å². The Labute approximate surface area is 140 Å². The van der Waals surface area contributed by atoms with Gasteiger partial charge in [0.1, 0.15) is 6.04 Å². The Morgan fingerprint density at radius 2 is 2.21 bits per heavy atom. The van der Waals surface area contributed by atoms with E-state index in [0.29, 0.717) is 11.7 Å². The molecule has 8 heteroatoms. The van der Waals surface area contributed by atoms with Gasteiger partial charge in [-0.1, -0.05) is 5.16 Å². The lowest BCUT2D eigenvalue weighted by Crippen LogP contribution is -2.42. The van der Waals surface area contributed by atoms with Gasteiger partial charge in [-0.05, 0) is 39.1 Å². The standard InChI is InChI=1S/C16H22N6O2/c1-12(18-16(23)22-8-4-7-21(2)9-10-22)15-19-14(20-24-15)13-5-3-6-17-11-13/h3,5-6,11-12H,4,7-10H2,1-2H3,(H,18,23)/t12-/m1/s1. The van der Waals surface area contributed by atoms with E-state index < -0.39 is 0 Å². The molecule has 3 heterocycles. The van der Waals surface area contributed by atoms with Gasteiger partial charge < -0.3 is 19.6 Å². The first-order valence-corrected chi connectivity index (χ1v) is 8.11. The Kier molecular flexibility index (Phi) is 5.05. The van der Waals surface area contributed by atoms with Crippen LogP contribution in [0, 0.1) is 0 Å². The van der Waals surface area contributed by atoms with E-state index in [1.165, 1.54) is 0 Å². The van der Waals surface area contributed by atoms with Gasteiger partial charge in [0.15, 0.2) is 0 Å². The van der Waals surface area contributed by atoms with Gasteiger partial charge in [-0.2, -0.15) is 4.98 Å². The molecule has 1 saturated heterocycles. The fourth-order valence-electron chi connectivity index (χ4n) is 2.61. The van der Waals surface area contributed by atoms with Crippen LogP contribution >= 0.6 is 0 Å². The van der Waals surface area contributed by atoms with Crippen LogP contribution in [0.5, 0.6) is 0 Å². The van der Waals surface area contributed by atoms with Gasteiger partial charge in [-0.25, -0.2) is 4.79 Å². The molecular formula is C16H22N6O2. The molecule has 3 rings (SSSR count). The van der Waals surface area contributed by atoms with Crippen molar-refractivity contribution in [1.82, 2.24) is 30.2 Å². The van der Waals surface area contributed by atoms with Gasteiger partial charge in [0.25, 0.3) is 0 Å². The van der Waals surface area contributed by atoms with Crippen molar-refractivity contribution in [2.75, 3.05) is 33.2 Å². The molecule has 2 aromatic heterocycles. The van der Waals surface area contributed by atoms with Crippen molar-refractivity contribution in [3.8, 4) is 11.4 Å². The first kappa shape index (κ1) is 16.4. The first-order valence-electron chi connectivity index (χ1n) is 8.11. The summed E-state index contributed by atoms with van der Waals surface area (Å²) < 4.78 is 5.28. The lowest BCUT2D eigenvalue weighted by atomic mass is 10.3. The van der Waals surface area contributed by atoms with Crippen LogP contribution in [0.2, 0.25) is 0 Å². The molecule has 1 fully saturated rings. The highest BCUT2D eigenvalue weighted by Gasteiger charge is 2.22. The fraction of sp³-hybridized carbons (Fsp3) is 0.500. The third kappa shape index (κ3) is 3.88. The molecule has 1 aliphatic heterocycles. The summed E-state index contributed by atoms with van der Waals surface area (Å²) in [5.41, 5.74) is 0.779. The number of hydrogen-bond acceptors (Lipinski definition) is 6. The number of amides is 2. The van der Waals surface area contributed by atoms with E-state index in [1.807, 2.05) is 24.0 Å². The van der Waals surface area contributed by atoms with Crippen molar-refractivity contribution in [2.45, 2.75) is 19.4 Å². The third-order valence-corrected chi connectivity index (χ3v) is 4.08. The number of pyridine rings is 1. The summed E-state index contributed by atoms with van der Waals surface area (Å²) in [6.07, 6.45) is 4.33. The average molecular weight is 330 g/mol. The number of rotatable bonds is 3. The molecule has 0 bridgehead atoms. The van der Waals surface area contributed by atoms with Crippen LogP contribution in [0.15, 0.2) is 29.0 Å². The van der Waals surface area contributed by atoms with Crippen LogP contribution in [0.4, 0.5) is 4.79 Å². The monoisotopic (exact) mass is 330 g/mol. The number of nitrogens with one attached hydrogen (secondary N) is 1. The van der Waals surface area contributed by atoms with Crippen LogP contribution in [-0.2, 0) is 0 Å². The number of likely N-dealkylation sites (N-methyl/N-ethyl adjacent to an activating group) is 1. The molecule has 128 valence electrons. The molecule has 1 atom stereocenters. The van der Waals surface area contributed by atoms with Gasteiger partial charge in [0.05, 0.1) is 0 Å². The molecular weight excluding hydrogens is 308 g/mol. The minimum atomic E-state index is -0.351. The maximum absolute atomic E-state index is 12.4. The number of urea groups is 1. The Bertz CT molecular complexity index is 674. The lowest BCUT2D eigenvalue weighted by Gasteiger charge is -2.22. The molecule has 0 spiro atoms. The second-order valence-electron chi connectivity index (χ2n) is 6.01. The minimum absolute atomic E-state index is 0.0982. The third-order valence-electron chi connectivity index (χ3n) is 4.08. The summed E-state index contributed by atoms with van der Waals surface area (Å²) in [6.45, 7) is 5.21. The predicted molar refractivity (Wildman–Crippen MR) is 88.2 cm³/mol. The molecule has 1 N–H and O–H groups in total. The van der Waals surface area contributed by atoms with Crippen LogP contribution in [0.1, 0.15) is 25.3 Å². The van der Waals surface area contributed by atoms with Crippen molar-refractivity contribution in [2.24, 2.45) is 0 Å². The summed E-state index contributed by atoms with van der Waals surface area (Å²) in [7, 11) is 2.07. The second kappa shape index (κ2) is 7.39. The zero-order valence-corrected chi connectivity index (χ0v) is 14.0. The normalized spacial score (nSPS) is 17.3. The van der Waals surface area contributed by atoms with E-state index in [9.17, 15) is 4.79 Å². The molecule has 0 aromatic carbocycles. The molecule has 0 saturated carbocycles. The second-order valence-corrected chi connectivity index (χ2v) is 6.01. The van der Waals surface area contributed by atoms with Gasteiger partial charge in [-0.15, -0.1) is 0 Å². The van der Waals surface area contributed by atoms with Crippen molar-refractivity contribution in [3.05, 3.63) is 30.4 Å². The van der Waals surface area contributed by atoms with Crippen LogP contribution in [0.3, 0.4) is 0 Å². The van der Waals surface area contributed by atoms with Gasteiger partial charge in [-0.3, -0.25) is 4.98 Å². The summed E-state index contributed by atoms with van der Waals surface area (Å²) in [6, 6.07) is 3.22. The Morgan fingerprint density at radius 1 is 1.33 bits per heavy atom. The zero-order chi connectivity index (χ0) is 16.9. The van der Waals surface area contributed by atoms with Crippen molar-refractivity contribution < 1.29 is 9.32 Å². The van der Waals surface area contributed by atoms with Crippen LogP contribution in [-0.4, -0.2) is 64.2 Å². The number of carbonyl (C=O) groups is 1. The lowest BCUT2D eigenvalue weighted by molar-refractivity contribution is 0.193. The number of carbonyl (C=O) groups excluding carboxylic acids is 1. The highest BCUT2D eigenvalue weighted by molar-refractivity contribution is 5.74. The van der Waals surface area contributed by atoms with E-state index in [2.05, 4.69) is 32.4 Å². The SMILES string of the molecule is C[C@@H](NC(=O)N1CCCN(C)CC1)c1nc(-c2cccnc2)no1. The molecule has 0 aliphatic carbocycles. The molecule has 8 nitrogen and oxygen atoms in total. The summed E-state index contributed by atoms with van der Waals surface area (Å²) >= 11 is 0. The Balaban J connectivity index is 1.61. The topological polar surface area (TPSA) is 87.4 Å². The van der Waals surface area contributed by atoms with E-state index in [0.717, 1.165) is 38.2 Å². The number of aromatic nitrogens is 3. The maximum atomic E-state index is 12.4. The summed E-state index contributed by atoms with van der Waals surface area (Å²) in [4.78, 5) is 24.9. The zero-order valence-electron chi connectivity index (χ0n) is 14.0. The highest BCUT2D eigenvalue weighted by atomic mass is 16.5. The molecule has 1 aliphatic rings. The first-order chi connectivity index (χ1) is 11.6. The number of nitrogens with zero attached hydrogens (tertiary/aromatic N) is 5. The molecule has 24 heavy (non-hydrogen) atoms. The van der Waals surface area contributed by atoms with Gasteiger partial charge in [0, 0.05) is 37.6 Å². The Morgan fingerprint density at radius 3 is 3.00 bits per heavy atom. The molecule has 0 radical (unpaired) electrons. The maximum Gasteiger partial charge on any atom is 0.318 e. The molecule has 2 aromatic rings. The largest absolute Gasteiger partial charge is 0.337 e. The Hall–Kier alpha value is -2.48. The van der Waals surface area contributed by atoms with Crippen LogP contribution in [0.25, 0.3) is 11.4 Å². The average Bonchev–Trinajstić information content (AvgIpc) is 2.99. The van der Waals surface area contributed by atoms with E-state index in [4.69, 9.17) is 4.52 Å². The quantitative estimate of drug-likeness (QED) is 0.918. The highest BCUT2D eigenvalue weighted by Crippen LogP contribution is 2.17. The van der Waals surface area contributed by atoms with Crippen LogP contribution < -0.4 is 5.32 Å². The molecule has 2 amide bonds. The molecule has 0 unspecified atom stereocenters. The summed E-state index contributed by atoms with van der Waals surface area (Å²) in [5, 5.41) is 6.88. The smallest absolute Gasteiger partial charge is 0.318 e. The van der Waals surface area contributed by atoms with Crippen molar-refractivity contribution >= 4 is 6.03 Å². The minimum Gasteiger partial charge on any atom is -0.337 e. The van der Waals surface area contributed by atoms with E-state index >= 15 is 0 Å². The fourth-order valence-corrected chi connectivity index (χ4v) is 2.61. The summed E-state index contributed by atoms with van der Waals surface area (Å²) in [5.74, 6) is 0.852.